The minimum Gasteiger partial charge on any atom is -0.301 e. The molecule has 0 aliphatic carbocycles. The summed E-state index contributed by atoms with van der Waals surface area (Å²) in [5.74, 6) is 0. The number of nitrogens with zero attached hydrogens (tertiary/aromatic N) is 2. The van der Waals surface area contributed by atoms with E-state index in [-0.39, 0.29) is 0 Å². The van der Waals surface area contributed by atoms with Crippen LogP contribution in [0.1, 0.15) is 34.6 Å². The fraction of sp³-hybridized carbons (Fsp3) is 1.00. The van der Waals surface area contributed by atoms with Gasteiger partial charge in [-0.15, -0.1) is 11.1 Å². The highest BCUT2D eigenvalue weighted by molar-refractivity contribution is 7.15. The first-order valence-corrected chi connectivity index (χ1v) is 8.95. The van der Waals surface area contributed by atoms with Gasteiger partial charge in [0.25, 0.3) is 0 Å². The van der Waals surface area contributed by atoms with E-state index in [0.717, 1.165) is 32.7 Å². The van der Waals surface area contributed by atoms with Gasteiger partial charge in [-0.1, -0.05) is 34.6 Å². The summed E-state index contributed by atoms with van der Waals surface area (Å²) in [7, 11) is -2.12. The largest absolute Gasteiger partial charge is 0.390 e. The number of nitrogens with one attached hydrogen (secondary N) is 1. The van der Waals surface area contributed by atoms with Crippen LogP contribution in [0.5, 0.6) is 0 Å². The monoisotopic (exact) mass is 251 g/mol. The Morgan fingerprint density at radius 3 is 1.40 bits per heavy atom. The van der Waals surface area contributed by atoms with Gasteiger partial charge in [0, 0.05) is 0 Å². The smallest absolute Gasteiger partial charge is 0.301 e. The number of hydrogen-bond acceptors (Lipinski definition) is 3. The lowest BCUT2D eigenvalue weighted by Crippen LogP contribution is -2.70. The molecule has 0 fully saturated rings. The topological polar surface area (TPSA) is 18.5 Å². The molecule has 0 rings (SSSR count). The van der Waals surface area contributed by atoms with Crippen LogP contribution in [0.3, 0.4) is 0 Å². The third-order valence-corrected chi connectivity index (χ3v) is 8.35. The number of rotatable bonds is 8. The van der Waals surface area contributed by atoms with Gasteiger partial charge in [-0.25, -0.2) is 0 Å². The van der Waals surface area contributed by atoms with E-state index in [1.54, 1.807) is 0 Å². The molecule has 0 bridgehead atoms. The molecule has 0 amide bonds. The summed E-state index contributed by atoms with van der Waals surface area (Å²) in [6.07, 6.45) is 0. The van der Waals surface area contributed by atoms with Gasteiger partial charge in [-0.05, 0) is 32.7 Å². The molecule has 15 heavy (non-hydrogen) atoms. The lowest BCUT2D eigenvalue weighted by Gasteiger charge is -2.42. The van der Waals surface area contributed by atoms with Gasteiger partial charge in [-0.2, -0.15) is 0 Å². The number of halogens is 1. The zero-order valence-corrected chi connectivity index (χ0v) is 12.6. The van der Waals surface area contributed by atoms with Crippen LogP contribution in [0, 0.1) is 0 Å². The average Bonchev–Trinajstić information content (AvgIpc) is 2.21. The van der Waals surface area contributed by atoms with Crippen LogP contribution in [-0.4, -0.2) is 49.7 Å². The van der Waals surface area contributed by atoms with Crippen LogP contribution >= 0.6 is 11.1 Å². The summed E-state index contributed by atoms with van der Waals surface area (Å²) >= 11 is 6.85. The van der Waals surface area contributed by atoms with E-state index in [1.807, 2.05) is 0 Å². The van der Waals surface area contributed by atoms with E-state index in [2.05, 4.69) is 48.7 Å². The van der Waals surface area contributed by atoms with Gasteiger partial charge < -0.3 is 4.98 Å². The summed E-state index contributed by atoms with van der Waals surface area (Å²) in [5.41, 5.74) is 0. The molecule has 0 aromatic carbocycles. The van der Waals surface area contributed by atoms with Gasteiger partial charge >= 0.3 is 7.87 Å². The van der Waals surface area contributed by atoms with Gasteiger partial charge in [0.05, 0.1) is 0 Å². The van der Waals surface area contributed by atoms with Crippen LogP contribution in [0.4, 0.5) is 0 Å². The highest BCUT2D eigenvalue weighted by Crippen LogP contribution is 2.16. The van der Waals surface area contributed by atoms with Crippen molar-refractivity contribution < 1.29 is 0 Å². The molecule has 1 N–H and O–H groups in total. The second kappa shape index (κ2) is 7.63. The van der Waals surface area contributed by atoms with Crippen molar-refractivity contribution in [2.75, 3.05) is 32.7 Å². The second-order valence-electron chi connectivity index (χ2n) is 3.46. The molecule has 0 saturated carbocycles. The van der Waals surface area contributed by atoms with E-state index in [4.69, 9.17) is 11.1 Å². The molecule has 0 unspecified atom stereocenters. The Morgan fingerprint density at radius 1 is 0.867 bits per heavy atom. The maximum absolute atomic E-state index is 6.85. The molecule has 0 atom stereocenters. The molecule has 0 aromatic rings. The Balaban J connectivity index is 4.82. The fourth-order valence-corrected chi connectivity index (χ4v) is 6.74. The molecule has 0 heterocycles. The van der Waals surface area contributed by atoms with E-state index in [1.165, 1.54) is 0 Å². The van der Waals surface area contributed by atoms with E-state index in [0.29, 0.717) is 0 Å². The molecule has 0 aromatic heterocycles. The van der Waals surface area contributed by atoms with Crippen LogP contribution in [-0.2, 0) is 0 Å². The van der Waals surface area contributed by atoms with Crippen molar-refractivity contribution in [3.8, 4) is 0 Å². The average molecular weight is 252 g/mol. The van der Waals surface area contributed by atoms with Gasteiger partial charge in [0.2, 0.25) is 0 Å². The minimum atomic E-state index is -2.12. The van der Waals surface area contributed by atoms with E-state index in [9.17, 15) is 0 Å². The number of hydrogen-bond donors (Lipinski definition) is 1. The molecule has 5 heteroatoms. The summed E-state index contributed by atoms with van der Waals surface area (Å²) in [6.45, 7) is 15.8. The SMILES string of the molecule is CCN[Si](Cl)(N(CC)CC)N(CC)CC. The summed E-state index contributed by atoms with van der Waals surface area (Å²) in [4.78, 5) is 3.52. The van der Waals surface area contributed by atoms with Crippen molar-refractivity contribution in [1.29, 1.82) is 0 Å². The highest BCUT2D eigenvalue weighted by atomic mass is 35.6. The molecule has 0 spiro atoms. The van der Waals surface area contributed by atoms with Gasteiger partial charge in [-0.3, -0.25) is 9.13 Å². The molecular formula is C10H26ClN3Si. The molecule has 0 radical (unpaired) electrons. The van der Waals surface area contributed by atoms with Crippen molar-refractivity contribution in [3.05, 3.63) is 0 Å². The maximum Gasteiger partial charge on any atom is 0.390 e. The van der Waals surface area contributed by atoms with Crippen molar-refractivity contribution in [2.45, 2.75) is 34.6 Å². The zero-order valence-electron chi connectivity index (χ0n) is 10.8. The molecule has 0 aliphatic rings. The predicted molar refractivity (Wildman–Crippen MR) is 71.1 cm³/mol. The third kappa shape index (κ3) is 3.71. The van der Waals surface area contributed by atoms with Crippen LogP contribution in [0.25, 0.3) is 0 Å². The Hall–Kier alpha value is 0.387. The zero-order chi connectivity index (χ0) is 11.9. The van der Waals surface area contributed by atoms with Crippen molar-refractivity contribution in [3.63, 3.8) is 0 Å². The molecule has 92 valence electrons. The minimum absolute atomic E-state index is 0.933. The molecule has 0 aliphatic heterocycles. The highest BCUT2D eigenvalue weighted by Gasteiger charge is 2.42. The Morgan fingerprint density at radius 2 is 1.20 bits per heavy atom. The maximum atomic E-state index is 6.85. The first-order valence-electron chi connectivity index (χ1n) is 6.04. The van der Waals surface area contributed by atoms with E-state index >= 15 is 0 Å². The predicted octanol–water partition coefficient (Wildman–Crippen LogP) is 1.95. The Labute approximate surface area is 101 Å². The fourth-order valence-electron chi connectivity index (χ4n) is 1.93. The second-order valence-corrected chi connectivity index (χ2v) is 7.84. The molecule has 3 nitrogen and oxygen atoms in total. The lowest BCUT2D eigenvalue weighted by atomic mass is 10.7. The summed E-state index contributed by atoms with van der Waals surface area (Å²) in [5, 5.41) is 0. The first kappa shape index (κ1) is 15.4. The van der Waals surface area contributed by atoms with Gasteiger partial charge in [0.1, 0.15) is 0 Å². The Bertz CT molecular complexity index is 149. The van der Waals surface area contributed by atoms with Crippen LogP contribution in [0.2, 0.25) is 0 Å². The summed E-state index contributed by atoms with van der Waals surface area (Å²) < 4.78 is 4.76. The normalized spacial score (nSPS) is 12.8. The quantitative estimate of drug-likeness (QED) is 0.526. The van der Waals surface area contributed by atoms with Crippen molar-refractivity contribution in [1.82, 2.24) is 14.1 Å². The first-order chi connectivity index (χ1) is 7.10. The van der Waals surface area contributed by atoms with E-state index < -0.39 is 7.87 Å². The van der Waals surface area contributed by atoms with Gasteiger partial charge in [0.15, 0.2) is 0 Å². The standard InChI is InChI=1S/C10H26ClN3Si/c1-6-12-15(11,13(7-2)8-3)14(9-4)10-5/h12H,6-10H2,1-5H3. The molecular weight excluding hydrogens is 226 g/mol. The van der Waals surface area contributed by atoms with Crippen LogP contribution in [0.15, 0.2) is 0 Å². The van der Waals surface area contributed by atoms with Crippen molar-refractivity contribution in [2.24, 2.45) is 0 Å². The molecule has 0 saturated heterocycles. The van der Waals surface area contributed by atoms with Crippen LogP contribution < -0.4 is 4.98 Å². The Kier molecular flexibility index (Phi) is 7.82. The third-order valence-electron chi connectivity index (χ3n) is 2.77. The lowest BCUT2D eigenvalue weighted by molar-refractivity contribution is 0.356. The summed E-state index contributed by atoms with van der Waals surface area (Å²) in [6, 6.07) is 0. The van der Waals surface area contributed by atoms with Crippen molar-refractivity contribution >= 4 is 18.9 Å².